The predicted molar refractivity (Wildman–Crippen MR) is 61.9 cm³/mol. The molecule has 1 N–H and O–H groups in total. The molecule has 1 aliphatic carbocycles. The lowest BCUT2D eigenvalue weighted by molar-refractivity contribution is -0.115. The van der Waals surface area contributed by atoms with Gasteiger partial charge in [0.25, 0.3) is 0 Å². The Balaban J connectivity index is 2.86. The van der Waals surface area contributed by atoms with Gasteiger partial charge in [-0.05, 0) is 31.9 Å². The van der Waals surface area contributed by atoms with Crippen molar-refractivity contribution in [3.05, 3.63) is 36.0 Å². The highest BCUT2D eigenvalue weighted by Crippen LogP contribution is 2.23. The standard InChI is InChI=1S/C13H16O3/c1-3-10(5-4-6-14)11-8-12(15)9(2)7-13(11)16/h3,7-8,10,14H,1,4-6H2,2H3. The average Bonchev–Trinajstić information content (AvgIpc) is 2.26. The van der Waals surface area contributed by atoms with Crippen LogP contribution in [0.4, 0.5) is 0 Å². The van der Waals surface area contributed by atoms with E-state index in [0.717, 1.165) is 0 Å². The van der Waals surface area contributed by atoms with Gasteiger partial charge in [-0.3, -0.25) is 9.59 Å². The Morgan fingerprint density at radius 3 is 2.62 bits per heavy atom. The Labute approximate surface area is 95.2 Å². The molecule has 1 atom stereocenters. The molecular weight excluding hydrogens is 204 g/mol. The Bertz CT molecular complexity index is 375. The van der Waals surface area contributed by atoms with Crippen molar-refractivity contribution in [2.24, 2.45) is 5.92 Å². The first-order valence-corrected chi connectivity index (χ1v) is 5.32. The van der Waals surface area contributed by atoms with E-state index < -0.39 is 0 Å². The summed E-state index contributed by atoms with van der Waals surface area (Å²) in [5.74, 6) is -0.390. The summed E-state index contributed by atoms with van der Waals surface area (Å²) in [6, 6.07) is 0. The Morgan fingerprint density at radius 2 is 2.06 bits per heavy atom. The van der Waals surface area contributed by atoms with Crippen LogP contribution in [0, 0.1) is 5.92 Å². The molecule has 0 radical (unpaired) electrons. The lowest BCUT2D eigenvalue weighted by Crippen LogP contribution is -2.17. The van der Waals surface area contributed by atoms with E-state index in [1.807, 2.05) is 0 Å². The number of rotatable bonds is 5. The van der Waals surface area contributed by atoms with Crippen LogP contribution < -0.4 is 0 Å². The largest absolute Gasteiger partial charge is 0.396 e. The monoisotopic (exact) mass is 220 g/mol. The molecule has 0 aliphatic heterocycles. The quantitative estimate of drug-likeness (QED) is 0.565. The third-order valence-corrected chi connectivity index (χ3v) is 2.66. The van der Waals surface area contributed by atoms with E-state index in [1.54, 1.807) is 13.0 Å². The fourth-order valence-electron chi connectivity index (χ4n) is 1.68. The van der Waals surface area contributed by atoms with Gasteiger partial charge in [-0.15, -0.1) is 6.58 Å². The van der Waals surface area contributed by atoms with E-state index in [1.165, 1.54) is 12.2 Å². The highest BCUT2D eigenvalue weighted by atomic mass is 16.2. The van der Waals surface area contributed by atoms with Crippen molar-refractivity contribution in [1.82, 2.24) is 0 Å². The van der Waals surface area contributed by atoms with Crippen molar-refractivity contribution in [3.63, 3.8) is 0 Å². The summed E-state index contributed by atoms with van der Waals surface area (Å²) < 4.78 is 0. The molecule has 0 amide bonds. The van der Waals surface area contributed by atoms with Gasteiger partial charge in [0.2, 0.25) is 0 Å². The number of hydrogen-bond donors (Lipinski definition) is 1. The molecule has 3 nitrogen and oxygen atoms in total. The minimum absolute atomic E-state index is 0.0780. The van der Waals surface area contributed by atoms with Crippen molar-refractivity contribution in [1.29, 1.82) is 0 Å². The molecule has 0 fully saturated rings. The molecule has 0 saturated carbocycles. The van der Waals surface area contributed by atoms with Crippen molar-refractivity contribution in [2.75, 3.05) is 6.61 Å². The molecule has 0 aromatic rings. The Morgan fingerprint density at radius 1 is 1.38 bits per heavy atom. The first kappa shape index (κ1) is 12.6. The number of hydrogen-bond acceptors (Lipinski definition) is 3. The molecular formula is C13H16O3. The number of allylic oxidation sites excluding steroid dienone is 5. The van der Waals surface area contributed by atoms with Crippen LogP contribution in [-0.4, -0.2) is 23.3 Å². The highest BCUT2D eigenvalue weighted by Gasteiger charge is 2.22. The van der Waals surface area contributed by atoms with Gasteiger partial charge in [-0.25, -0.2) is 0 Å². The lowest BCUT2D eigenvalue weighted by Gasteiger charge is -2.17. The van der Waals surface area contributed by atoms with Gasteiger partial charge in [0, 0.05) is 23.7 Å². The molecule has 1 unspecified atom stereocenters. The molecule has 0 aromatic heterocycles. The summed E-state index contributed by atoms with van der Waals surface area (Å²) in [5.41, 5.74) is 0.956. The zero-order chi connectivity index (χ0) is 12.1. The van der Waals surface area contributed by atoms with Crippen molar-refractivity contribution >= 4 is 11.6 Å². The number of carbonyl (C=O) groups excluding carboxylic acids is 2. The van der Waals surface area contributed by atoms with Crippen LogP contribution >= 0.6 is 0 Å². The zero-order valence-corrected chi connectivity index (χ0v) is 9.40. The third kappa shape index (κ3) is 2.76. The normalized spacial score (nSPS) is 17.9. The zero-order valence-electron chi connectivity index (χ0n) is 9.40. The van der Waals surface area contributed by atoms with Crippen LogP contribution in [0.2, 0.25) is 0 Å². The van der Waals surface area contributed by atoms with Crippen LogP contribution in [0.15, 0.2) is 36.0 Å². The summed E-state index contributed by atoms with van der Waals surface area (Å²) in [4.78, 5) is 23.2. The number of carbonyl (C=O) groups is 2. The molecule has 1 rings (SSSR count). The molecule has 1 aliphatic rings. The summed E-state index contributed by atoms with van der Waals surface area (Å²) in [7, 11) is 0. The van der Waals surface area contributed by atoms with E-state index in [-0.39, 0.29) is 24.1 Å². The van der Waals surface area contributed by atoms with Crippen LogP contribution in [0.5, 0.6) is 0 Å². The van der Waals surface area contributed by atoms with Gasteiger partial charge in [0.15, 0.2) is 11.6 Å². The second kappa shape index (κ2) is 5.56. The maximum Gasteiger partial charge on any atom is 0.182 e. The van der Waals surface area contributed by atoms with Gasteiger partial charge in [0.05, 0.1) is 0 Å². The van der Waals surface area contributed by atoms with Crippen molar-refractivity contribution in [2.45, 2.75) is 19.8 Å². The van der Waals surface area contributed by atoms with Gasteiger partial charge >= 0.3 is 0 Å². The first-order valence-electron chi connectivity index (χ1n) is 5.32. The van der Waals surface area contributed by atoms with Gasteiger partial charge < -0.3 is 5.11 Å². The van der Waals surface area contributed by atoms with Gasteiger partial charge in [-0.2, -0.15) is 0 Å². The van der Waals surface area contributed by atoms with E-state index >= 15 is 0 Å². The minimum Gasteiger partial charge on any atom is -0.396 e. The molecule has 0 aromatic carbocycles. The molecule has 0 saturated heterocycles. The molecule has 3 heteroatoms. The predicted octanol–water partition coefficient (Wildman–Crippen LogP) is 1.59. The summed E-state index contributed by atoms with van der Waals surface area (Å²) in [6.45, 7) is 5.37. The maximum atomic E-state index is 11.7. The SMILES string of the molecule is C=CC(CCCO)C1=CC(=O)C(C)=CC1=O. The van der Waals surface area contributed by atoms with Crippen LogP contribution in [0.1, 0.15) is 19.8 Å². The topological polar surface area (TPSA) is 54.4 Å². The van der Waals surface area contributed by atoms with Crippen molar-refractivity contribution < 1.29 is 14.7 Å². The van der Waals surface area contributed by atoms with Crippen LogP contribution in [-0.2, 0) is 9.59 Å². The Hall–Kier alpha value is -1.48. The maximum absolute atomic E-state index is 11.7. The molecule has 16 heavy (non-hydrogen) atoms. The molecule has 0 spiro atoms. The second-order valence-electron chi connectivity index (χ2n) is 3.86. The summed E-state index contributed by atoms with van der Waals surface area (Å²) in [5, 5.41) is 8.75. The smallest absolute Gasteiger partial charge is 0.182 e. The number of ketones is 2. The van der Waals surface area contributed by atoms with Gasteiger partial charge in [-0.1, -0.05) is 6.08 Å². The molecule has 0 heterocycles. The van der Waals surface area contributed by atoms with Crippen LogP contribution in [0.25, 0.3) is 0 Å². The average molecular weight is 220 g/mol. The van der Waals surface area contributed by atoms with E-state index in [9.17, 15) is 9.59 Å². The Kier molecular flexibility index (Phi) is 4.38. The molecule has 0 bridgehead atoms. The summed E-state index contributed by atoms with van der Waals surface area (Å²) >= 11 is 0. The fraction of sp³-hybridized carbons (Fsp3) is 0.385. The first-order chi connectivity index (χ1) is 7.60. The van der Waals surface area contributed by atoms with E-state index in [2.05, 4.69) is 6.58 Å². The second-order valence-corrected chi connectivity index (χ2v) is 3.86. The number of aliphatic hydroxyl groups excluding tert-OH is 1. The van der Waals surface area contributed by atoms with Crippen LogP contribution in [0.3, 0.4) is 0 Å². The van der Waals surface area contributed by atoms with Gasteiger partial charge in [0.1, 0.15) is 0 Å². The summed E-state index contributed by atoms with van der Waals surface area (Å²) in [6.07, 6.45) is 5.64. The minimum atomic E-state index is -0.145. The lowest BCUT2D eigenvalue weighted by atomic mass is 9.86. The fourth-order valence-corrected chi connectivity index (χ4v) is 1.68. The highest BCUT2D eigenvalue weighted by molar-refractivity contribution is 6.19. The molecule has 86 valence electrons. The van der Waals surface area contributed by atoms with Crippen molar-refractivity contribution in [3.8, 4) is 0 Å². The van der Waals surface area contributed by atoms with E-state index in [0.29, 0.717) is 24.0 Å². The van der Waals surface area contributed by atoms with E-state index in [4.69, 9.17) is 5.11 Å². The number of aliphatic hydroxyl groups is 1. The third-order valence-electron chi connectivity index (χ3n) is 2.66.